The molecule has 18 heavy (non-hydrogen) atoms. The van der Waals surface area contributed by atoms with Gasteiger partial charge in [0.1, 0.15) is 0 Å². The average Bonchev–Trinajstić information content (AvgIpc) is 2.36. The summed E-state index contributed by atoms with van der Waals surface area (Å²) in [7, 11) is 1.05. The molecular weight excluding hydrogens is 256 g/mol. The van der Waals surface area contributed by atoms with E-state index in [0.29, 0.717) is 5.88 Å². The molecular formula is C16H19ClSi. The highest BCUT2D eigenvalue weighted by Gasteiger charge is 2.13. The van der Waals surface area contributed by atoms with Crippen LogP contribution in [0, 0.1) is 20.8 Å². The van der Waals surface area contributed by atoms with E-state index in [1.807, 2.05) is 0 Å². The van der Waals surface area contributed by atoms with Gasteiger partial charge in [0, 0.05) is 16.1 Å². The lowest BCUT2D eigenvalue weighted by Gasteiger charge is -2.18. The third-order valence-corrected chi connectivity index (χ3v) is 4.82. The van der Waals surface area contributed by atoms with Crippen LogP contribution in [-0.4, -0.2) is 10.2 Å². The van der Waals surface area contributed by atoms with Crippen LogP contribution in [0.4, 0.5) is 0 Å². The Kier molecular flexibility index (Phi) is 3.93. The van der Waals surface area contributed by atoms with E-state index in [2.05, 4.69) is 51.1 Å². The van der Waals surface area contributed by atoms with Crippen LogP contribution >= 0.6 is 11.6 Å². The first-order chi connectivity index (χ1) is 8.56. The van der Waals surface area contributed by atoms with Crippen LogP contribution in [0.1, 0.15) is 22.3 Å². The number of benzene rings is 2. The van der Waals surface area contributed by atoms with Crippen LogP contribution in [-0.2, 0) is 5.88 Å². The van der Waals surface area contributed by atoms with Crippen LogP contribution < -0.4 is 5.19 Å². The third-order valence-electron chi connectivity index (χ3n) is 3.70. The molecule has 0 aliphatic carbocycles. The Bertz CT molecular complexity index is 588. The first-order valence-electron chi connectivity index (χ1n) is 6.28. The molecule has 0 aliphatic heterocycles. The number of alkyl halides is 1. The van der Waals surface area contributed by atoms with Crippen LogP contribution in [0.3, 0.4) is 0 Å². The monoisotopic (exact) mass is 274 g/mol. The highest BCUT2D eigenvalue weighted by molar-refractivity contribution is 6.36. The molecule has 0 aromatic heterocycles. The average molecular weight is 275 g/mol. The lowest BCUT2D eigenvalue weighted by Crippen LogP contribution is -2.11. The number of hydrogen-bond donors (Lipinski definition) is 0. The molecule has 0 N–H and O–H groups in total. The minimum Gasteiger partial charge on any atom is -0.122 e. The largest absolute Gasteiger partial charge is 0.122 e. The summed E-state index contributed by atoms with van der Waals surface area (Å²) in [6, 6.07) is 10.9. The summed E-state index contributed by atoms with van der Waals surface area (Å²) in [6.45, 7) is 6.58. The maximum absolute atomic E-state index is 6.11. The fourth-order valence-electron chi connectivity index (χ4n) is 2.53. The molecule has 2 aromatic rings. The summed E-state index contributed by atoms with van der Waals surface area (Å²) >= 11 is 6.11. The molecule has 0 radical (unpaired) electrons. The molecule has 0 nitrogen and oxygen atoms in total. The maximum atomic E-state index is 6.11. The molecule has 0 aliphatic rings. The van der Waals surface area contributed by atoms with Crippen molar-refractivity contribution in [2.24, 2.45) is 0 Å². The van der Waals surface area contributed by atoms with Crippen molar-refractivity contribution in [3.63, 3.8) is 0 Å². The second-order valence-corrected chi connectivity index (χ2v) is 6.29. The predicted octanol–water partition coefficient (Wildman–Crippen LogP) is 3.01. The smallest absolute Gasteiger partial charge is 0.0480 e. The Morgan fingerprint density at radius 1 is 0.944 bits per heavy atom. The molecule has 0 fully saturated rings. The van der Waals surface area contributed by atoms with Gasteiger partial charge in [-0.1, -0.05) is 35.5 Å². The van der Waals surface area contributed by atoms with E-state index in [0.717, 1.165) is 10.2 Å². The first kappa shape index (κ1) is 13.4. The van der Waals surface area contributed by atoms with Crippen LogP contribution in [0.15, 0.2) is 30.3 Å². The van der Waals surface area contributed by atoms with Gasteiger partial charge in [-0.05, 0) is 54.2 Å². The third kappa shape index (κ3) is 2.25. The van der Waals surface area contributed by atoms with E-state index in [1.165, 1.54) is 38.6 Å². The minimum atomic E-state index is 0.582. The predicted molar refractivity (Wildman–Crippen MR) is 85.2 cm³/mol. The topological polar surface area (TPSA) is 0 Å². The van der Waals surface area contributed by atoms with E-state index >= 15 is 0 Å². The summed E-state index contributed by atoms with van der Waals surface area (Å²) in [4.78, 5) is 0. The van der Waals surface area contributed by atoms with Crippen molar-refractivity contribution in [3.05, 3.63) is 52.6 Å². The molecule has 0 saturated carbocycles. The lowest BCUT2D eigenvalue weighted by atomic mass is 9.90. The zero-order valence-corrected chi connectivity index (χ0v) is 14.2. The fourth-order valence-corrected chi connectivity index (χ4v) is 3.52. The van der Waals surface area contributed by atoms with E-state index in [9.17, 15) is 0 Å². The molecule has 0 saturated heterocycles. The second kappa shape index (κ2) is 5.29. The summed E-state index contributed by atoms with van der Waals surface area (Å²) in [6.07, 6.45) is 0. The van der Waals surface area contributed by atoms with E-state index in [-0.39, 0.29) is 0 Å². The van der Waals surface area contributed by atoms with Gasteiger partial charge in [-0.3, -0.25) is 0 Å². The summed E-state index contributed by atoms with van der Waals surface area (Å²) in [5.74, 6) is 0.582. The Hall–Kier alpha value is -1.05. The van der Waals surface area contributed by atoms with Gasteiger partial charge in [0.2, 0.25) is 0 Å². The van der Waals surface area contributed by atoms with Crippen molar-refractivity contribution in [1.29, 1.82) is 0 Å². The summed E-state index contributed by atoms with van der Waals surface area (Å²) < 4.78 is 0. The van der Waals surface area contributed by atoms with Gasteiger partial charge in [0.15, 0.2) is 0 Å². The van der Waals surface area contributed by atoms with Crippen molar-refractivity contribution >= 4 is 27.0 Å². The van der Waals surface area contributed by atoms with Gasteiger partial charge < -0.3 is 0 Å². The number of aryl methyl sites for hydroxylation is 2. The first-order valence-corrected chi connectivity index (χ1v) is 7.81. The number of halogens is 1. The molecule has 2 rings (SSSR count). The van der Waals surface area contributed by atoms with Crippen LogP contribution in [0.5, 0.6) is 0 Å². The molecule has 0 unspecified atom stereocenters. The van der Waals surface area contributed by atoms with Gasteiger partial charge in [0.25, 0.3) is 0 Å². The molecule has 0 atom stereocenters. The lowest BCUT2D eigenvalue weighted by molar-refractivity contribution is 1.29. The normalized spacial score (nSPS) is 10.9. The SMILES string of the molecule is Cc1ccc(C)c(-c2c([SiH3])cccc2CCl)c1C. The molecule has 2 heteroatoms. The zero-order chi connectivity index (χ0) is 13.3. The summed E-state index contributed by atoms with van der Waals surface area (Å²) in [5.41, 5.74) is 8.08. The van der Waals surface area contributed by atoms with Crippen molar-refractivity contribution in [2.45, 2.75) is 26.7 Å². The number of rotatable bonds is 2. The Labute approximate surface area is 117 Å². The van der Waals surface area contributed by atoms with Gasteiger partial charge in [-0.25, -0.2) is 0 Å². The molecule has 2 aromatic carbocycles. The molecule has 0 spiro atoms. The quantitative estimate of drug-likeness (QED) is 0.583. The highest BCUT2D eigenvalue weighted by atomic mass is 35.5. The Morgan fingerprint density at radius 3 is 2.28 bits per heavy atom. The van der Waals surface area contributed by atoms with Crippen molar-refractivity contribution in [1.82, 2.24) is 0 Å². The second-order valence-electron chi connectivity index (χ2n) is 4.94. The zero-order valence-electron chi connectivity index (χ0n) is 11.5. The van der Waals surface area contributed by atoms with Crippen molar-refractivity contribution in [3.8, 4) is 11.1 Å². The van der Waals surface area contributed by atoms with Crippen LogP contribution in [0.2, 0.25) is 0 Å². The minimum absolute atomic E-state index is 0.582. The van der Waals surface area contributed by atoms with Gasteiger partial charge in [-0.2, -0.15) is 0 Å². The Balaban J connectivity index is 2.81. The van der Waals surface area contributed by atoms with Gasteiger partial charge in [0.05, 0.1) is 0 Å². The highest BCUT2D eigenvalue weighted by Crippen LogP contribution is 2.31. The van der Waals surface area contributed by atoms with E-state index in [4.69, 9.17) is 11.6 Å². The van der Waals surface area contributed by atoms with Crippen LogP contribution in [0.25, 0.3) is 11.1 Å². The van der Waals surface area contributed by atoms with Gasteiger partial charge >= 0.3 is 0 Å². The Morgan fingerprint density at radius 2 is 1.61 bits per heavy atom. The molecule has 0 amide bonds. The van der Waals surface area contributed by atoms with E-state index < -0.39 is 0 Å². The van der Waals surface area contributed by atoms with Gasteiger partial charge in [-0.15, -0.1) is 11.6 Å². The van der Waals surface area contributed by atoms with Crippen molar-refractivity contribution in [2.75, 3.05) is 0 Å². The number of hydrogen-bond acceptors (Lipinski definition) is 0. The molecule has 94 valence electrons. The maximum Gasteiger partial charge on any atom is 0.0480 e. The summed E-state index contributed by atoms with van der Waals surface area (Å²) in [5, 5.41) is 1.44. The molecule has 0 heterocycles. The fraction of sp³-hybridized carbons (Fsp3) is 0.250. The molecule has 0 bridgehead atoms. The van der Waals surface area contributed by atoms with E-state index in [1.54, 1.807) is 0 Å². The standard InChI is InChI=1S/C16H19ClSi/c1-10-7-8-11(2)15(12(10)3)16-13(9-17)5-4-6-14(16)18/h4-8H,9H2,1-3,18H3. The van der Waals surface area contributed by atoms with Crippen molar-refractivity contribution < 1.29 is 0 Å².